The van der Waals surface area contributed by atoms with E-state index in [2.05, 4.69) is 30.5 Å². The van der Waals surface area contributed by atoms with E-state index in [1.54, 1.807) is 0 Å². The Bertz CT molecular complexity index is 698. The zero-order valence-electron chi connectivity index (χ0n) is 15.0. The molecule has 1 saturated carbocycles. The molecule has 1 saturated heterocycles. The number of nitrogens with zero attached hydrogens (tertiary/aromatic N) is 4. The third-order valence-corrected chi connectivity index (χ3v) is 4.89. The molecule has 2 N–H and O–H groups in total. The van der Waals surface area contributed by atoms with Crippen LogP contribution in [0.2, 0.25) is 0 Å². The van der Waals surface area contributed by atoms with Gasteiger partial charge in [-0.3, -0.25) is 0 Å². The summed E-state index contributed by atoms with van der Waals surface area (Å²) < 4.78 is 5.45. The van der Waals surface area contributed by atoms with Crippen LogP contribution < -0.4 is 15.5 Å². The van der Waals surface area contributed by atoms with E-state index in [0.717, 1.165) is 18.8 Å². The number of para-hydroxylation sites is 1. The molecule has 7 heteroatoms. The summed E-state index contributed by atoms with van der Waals surface area (Å²) in [5, 5.41) is 6.83. The maximum absolute atomic E-state index is 5.45. The third kappa shape index (κ3) is 4.40. The van der Waals surface area contributed by atoms with Crippen molar-refractivity contribution in [2.24, 2.45) is 0 Å². The number of benzene rings is 1. The monoisotopic (exact) mass is 354 g/mol. The van der Waals surface area contributed by atoms with Gasteiger partial charge in [0.15, 0.2) is 0 Å². The highest BCUT2D eigenvalue weighted by molar-refractivity contribution is 5.55. The number of morpholine rings is 1. The number of ether oxygens (including phenoxy) is 1. The van der Waals surface area contributed by atoms with Crippen LogP contribution in [0.25, 0.3) is 0 Å². The number of anilines is 4. The maximum Gasteiger partial charge on any atom is 0.233 e. The van der Waals surface area contributed by atoms with Gasteiger partial charge in [0.1, 0.15) is 0 Å². The van der Waals surface area contributed by atoms with E-state index >= 15 is 0 Å². The van der Waals surface area contributed by atoms with Crippen molar-refractivity contribution in [1.82, 2.24) is 15.0 Å². The van der Waals surface area contributed by atoms with E-state index < -0.39 is 0 Å². The van der Waals surface area contributed by atoms with Gasteiger partial charge >= 0.3 is 0 Å². The quantitative estimate of drug-likeness (QED) is 0.854. The molecule has 1 aliphatic heterocycles. The Kier molecular flexibility index (Phi) is 5.44. The van der Waals surface area contributed by atoms with Crippen LogP contribution >= 0.6 is 0 Å². The Balaban J connectivity index is 1.57. The van der Waals surface area contributed by atoms with Gasteiger partial charge in [0.25, 0.3) is 0 Å². The number of aromatic nitrogens is 3. The predicted molar refractivity (Wildman–Crippen MR) is 103 cm³/mol. The van der Waals surface area contributed by atoms with Crippen molar-refractivity contribution in [2.75, 3.05) is 41.8 Å². The minimum Gasteiger partial charge on any atom is -0.378 e. The normalized spacial score (nSPS) is 18.5. The molecule has 0 spiro atoms. The Morgan fingerprint density at radius 2 is 1.62 bits per heavy atom. The minimum absolute atomic E-state index is 0.452. The molecule has 2 aromatic rings. The second-order valence-corrected chi connectivity index (χ2v) is 6.85. The molecule has 7 nitrogen and oxygen atoms in total. The van der Waals surface area contributed by atoms with Gasteiger partial charge in [0.05, 0.1) is 13.2 Å². The van der Waals surface area contributed by atoms with Crippen molar-refractivity contribution in [3.05, 3.63) is 30.3 Å². The fraction of sp³-hybridized carbons (Fsp3) is 0.526. The fourth-order valence-corrected chi connectivity index (χ4v) is 3.47. The lowest BCUT2D eigenvalue weighted by atomic mass is 9.96. The number of nitrogens with one attached hydrogen (secondary N) is 2. The summed E-state index contributed by atoms with van der Waals surface area (Å²) in [5.74, 6) is 1.94. The molecule has 138 valence electrons. The summed E-state index contributed by atoms with van der Waals surface area (Å²) >= 11 is 0. The van der Waals surface area contributed by atoms with E-state index in [1.807, 2.05) is 30.3 Å². The van der Waals surface area contributed by atoms with Gasteiger partial charge in [0, 0.05) is 24.8 Å². The van der Waals surface area contributed by atoms with Gasteiger partial charge in [-0.05, 0) is 25.0 Å². The van der Waals surface area contributed by atoms with Crippen molar-refractivity contribution < 1.29 is 4.74 Å². The van der Waals surface area contributed by atoms with Crippen molar-refractivity contribution in [3.63, 3.8) is 0 Å². The Morgan fingerprint density at radius 1 is 0.885 bits per heavy atom. The SMILES string of the molecule is c1ccc(Nc2nc(NC3CCCCC3)nc(N3CCOCC3)n2)cc1. The summed E-state index contributed by atoms with van der Waals surface area (Å²) in [6, 6.07) is 10.4. The molecule has 1 aromatic heterocycles. The topological polar surface area (TPSA) is 75.2 Å². The Hall–Kier alpha value is -2.41. The van der Waals surface area contributed by atoms with Crippen molar-refractivity contribution >= 4 is 23.5 Å². The van der Waals surface area contributed by atoms with Gasteiger partial charge < -0.3 is 20.3 Å². The molecule has 0 bridgehead atoms. The lowest BCUT2D eigenvalue weighted by Crippen LogP contribution is -2.37. The predicted octanol–water partition coefficient (Wildman–Crippen LogP) is 3.20. The van der Waals surface area contributed by atoms with Gasteiger partial charge in [-0.2, -0.15) is 15.0 Å². The minimum atomic E-state index is 0.452. The maximum atomic E-state index is 5.45. The van der Waals surface area contributed by atoms with E-state index in [-0.39, 0.29) is 0 Å². The summed E-state index contributed by atoms with van der Waals surface area (Å²) in [6.07, 6.45) is 6.23. The van der Waals surface area contributed by atoms with Gasteiger partial charge in [-0.25, -0.2) is 0 Å². The second-order valence-electron chi connectivity index (χ2n) is 6.85. The van der Waals surface area contributed by atoms with Gasteiger partial charge in [-0.15, -0.1) is 0 Å². The molecule has 4 rings (SSSR count). The van der Waals surface area contributed by atoms with Crippen molar-refractivity contribution in [3.8, 4) is 0 Å². The lowest BCUT2D eigenvalue weighted by molar-refractivity contribution is 0.122. The zero-order valence-corrected chi connectivity index (χ0v) is 15.0. The van der Waals surface area contributed by atoms with Crippen LogP contribution in [-0.2, 0) is 4.74 Å². The van der Waals surface area contributed by atoms with Crippen LogP contribution in [0.4, 0.5) is 23.5 Å². The van der Waals surface area contributed by atoms with Crippen molar-refractivity contribution in [1.29, 1.82) is 0 Å². The van der Waals surface area contributed by atoms with Crippen LogP contribution in [0.5, 0.6) is 0 Å². The smallest absolute Gasteiger partial charge is 0.233 e. The number of rotatable bonds is 5. The second kappa shape index (κ2) is 8.31. The molecule has 0 radical (unpaired) electrons. The number of hydrogen-bond donors (Lipinski definition) is 2. The van der Waals surface area contributed by atoms with E-state index in [4.69, 9.17) is 4.74 Å². The van der Waals surface area contributed by atoms with E-state index in [1.165, 1.54) is 32.1 Å². The first kappa shape index (κ1) is 17.0. The van der Waals surface area contributed by atoms with E-state index in [0.29, 0.717) is 37.1 Å². The average molecular weight is 354 g/mol. The molecule has 1 aromatic carbocycles. The van der Waals surface area contributed by atoms with Crippen LogP contribution in [0, 0.1) is 0 Å². The summed E-state index contributed by atoms with van der Waals surface area (Å²) in [7, 11) is 0. The summed E-state index contributed by atoms with van der Waals surface area (Å²) in [6.45, 7) is 3.02. The fourth-order valence-electron chi connectivity index (χ4n) is 3.47. The van der Waals surface area contributed by atoms with Gasteiger partial charge in [0.2, 0.25) is 17.8 Å². The molecule has 2 heterocycles. The molecule has 0 amide bonds. The standard InChI is InChI=1S/C19H26N6O/c1-3-7-15(8-4-1)20-17-22-18(21-16-9-5-2-6-10-16)24-19(23-17)25-11-13-26-14-12-25/h1,3-4,7-8,16H,2,5-6,9-14H2,(H2,20,21,22,23,24). The van der Waals surface area contributed by atoms with Crippen LogP contribution in [-0.4, -0.2) is 47.3 Å². The molecule has 0 unspecified atom stereocenters. The Morgan fingerprint density at radius 3 is 2.38 bits per heavy atom. The molecule has 2 fully saturated rings. The van der Waals surface area contributed by atoms with Crippen LogP contribution in [0.15, 0.2) is 30.3 Å². The first-order chi connectivity index (χ1) is 12.9. The highest BCUT2D eigenvalue weighted by Gasteiger charge is 2.19. The van der Waals surface area contributed by atoms with Gasteiger partial charge in [-0.1, -0.05) is 37.5 Å². The average Bonchev–Trinajstić information content (AvgIpc) is 2.70. The molecule has 2 aliphatic rings. The highest BCUT2D eigenvalue weighted by atomic mass is 16.5. The molecular formula is C19H26N6O. The summed E-state index contributed by atoms with van der Waals surface area (Å²) in [4.78, 5) is 16.1. The van der Waals surface area contributed by atoms with Crippen molar-refractivity contribution in [2.45, 2.75) is 38.1 Å². The molecule has 26 heavy (non-hydrogen) atoms. The first-order valence-electron chi connectivity index (χ1n) is 9.54. The van der Waals surface area contributed by atoms with E-state index in [9.17, 15) is 0 Å². The third-order valence-electron chi connectivity index (χ3n) is 4.89. The molecule has 0 atom stereocenters. The first-order valence-corrected chi connectivity index (χ1v) is 9.54. The zero-order chi connectivity index (χ0) is 17.6. The lowest BCUT2D eigenvalue weighted by Gasteiger charge is -2.28. The highest BCUT2D eigenvalue weighted by Crippen LogP contribution is 2.23. The molecule has 1 aliphatic carbocycles. The number of hydrogen-bond acceptors (Lipinski definition) is 7. The Labute approximate surface area is 154 Å². The largest absolute Gasteiger partial charge is 0.378 e. The summed E-state index contributed by atoms with van der Waals surface area (Å²) in [5.41, 5.74) is 0.968. The van der Waals surface area contributed by atoms with Crippen LogP contribution in [0.1, 0.15) is 32.1 Å². The van der Waals surface area contributed by atoms with Crippen LogP contribution in [0.3, 0.4) is 0 Å². The molecular weight excluding hydrogens is 328 g/mol.